The first-order chi connectivity index (χ1) is 6.77. The van der Waals surface area contributed by atoms with E-state index in [1.165, 1.54) is 30.5 Å². The third-order valence-corrected chi connectivity index (χ3v) is 4.06. The molecule has 0 unspecified atom stereocenters. The second-order valence-electron chi connectivity index (χ2n) is 4.46. The first-order valence-corrected chi connectivity index (χ1v) is 5.63. The molecule has 1 aromatic carbocycles. The molecule has 1 aromatic rings. The predicted molar refractivity (Wildman–Crippen MR) is 58.8 cm³/mol. The van der Waals surface area contributed by atoms with Gasteiger partial charge in [0.05, 0.1) is 0 Å². The minimum absolute atomic E-state index is 0.581. The molecule has 1 saturated heterocycles. The summed E-state index contributed by atoms with van der Waals surface area (Å²) < 4.78 is 0. The summed E-state index contributed by atoms with van der Waals surface area (Å²) in [6.07, 6.45) is 2.57. The molecule has 3 rings (SSSR count). The van der Waals surface area contributed by atoms with Gasteiger partial charge in [0.25, 0.3) is 0 Å². The Morgan fingerprint density at radius 1 is 1.43 bits per heavy atom. The van der Waals surface area contributed by atoms with Gasteiger partial charge in [0.1, 0.15) is 0 Å². The average molecular weight is 208 g/mol. The van der Waals surface area contributed by atoms with Gasteiger partial charge in [-0.05, 0) is 49.5 Å². The standard InChI is InChI=1S/C12H14ClN/c1-14-6-5-8-7-11(14)12-9(8)3-2-4-10(12)13/h2-4,8,11H,5-7H2,1H3/t8-,11-/m1/s1. The highest BCUT2D eigenvalue weighted by atomic mass is 35.5. The van der Waals surface area contributed by atoms with Gasteiger partial charge in [-0.2, -0.15) is 0 Å². The maximum atomic E-state index is 6.27. The fourth-order valence-electron chi connectivity index (χ4n) is 2.96. The van der Waals surface area contributed by atoms with E-state index in [1.807, 2.05) is 6.07 Å². The van der Waals surface area contributed by atoms with Gasteiger partial charge in [-0.15, -0.1) is 0 Å². The second-order valence-corrected chi connectivity index (χ2v) is 4.87. The SMILES string of the molecule is CN1CC[C@@H]2C[C@@H]1c1c(Cl)cccc12. The van der Waals surface area contributed by atoms with Crippen molar-refractivity contribution in [3.05, 3.63) is 34.3 Å². The van der Waals surface area contributed by atoms with Gasteiger partial charge in [-0.1, -0.05) is 23.7 Å². The fourth-order valence-corrected chi connectivity index (χ4v) is 3.27. The highest BCUT2D eigenvalue weighted by Crippen LogP contribution is 2.50. The molecule has 1 fully saturated rings. The summed E-state index contributed by atoms with van der Waals surface area (Å²) in [5.41, 5.74) is 2.91. The molecule has 74 valence electrons. The summed E-state index contributed by atoms with van der Waals surface area (Å²) in [4.78, 5) is 2.44. The molecular formula is C12H14ClN. The quantitative estimate of drug-likeness (QED) is 0.632. The number of hydrogen-bond acceptors (Lipinski definition) is 1. The number of rotatable bonds is 0. The molecule has 1 aliphatic carbocycles. The van der Waals surface area contributed by atoms with Gasteiger partial charge in [-0.25, -0.2) is 0 Å². The van der Waals surface area contributed by atoms with Crippen LogP contribution < -0.4 is 0 Å². The van der Waals surface area contributed by atoms with Gasteiger partial charge in [0.15, 0.2) is 0 Å². The molecule has 1 nitrogen and oxygen atoms in total. The molecule has 0 N–H and O–H groups in total. The Morgan fingerprint density at radius 2 is 2.29 bits per heavy atom. The van der Waals surface area contributed by atoms with Crippen LogP contribution in [0.2, 0.25) is 5.02 Å². The van der Waals surface area contributed by atoms with E-state index in [0.29, 0.717) is 6.04 Å². The summed E-state index contributed by atoms with van der Waals surface area (Å²) >= 11 is 6.27. The van der Waals surface area contributed by atoms with E-state index in [-0.39, 0.29) is 0 Å². The van der Waals surface area contributed by atoms with Crippen molar-refractivity contribution >= 4 is 11.6 Å². The molecule has 14 heavy (non-hydrogen) atoms. The molecule has 2 bridgehead atoms. The molecule has 0 aromatic heterocycles. The Labute approximate surface area is 89.7 Å². The lowest BCUT2D eigenvalue weighted by Gasteiger charge is -2.30. The van der Waals surface area contributed by atoms with Crippen LogP contribution >= 0.6 is 11.6 Å². The van der Waals surface area contributed by atoms with Gasteiger partial charge < -0.3 is 0 Å². The van der Waals surface area contributed by atoms with Crippen LogP contribution in [0.25, 0.3) is 0 Å². The normalized spacial score (nSPS) is 30.4. The van der Waals surface area contributed by atoms with Crippen LogP contribution in [-0.4, -0.2) is 18.5 Å². The van der Waals surface area contributed by atoms with Crippen molar-refractivity contribution in [2.45, 2.75) is 24.8 Å². The van der Waals surface area contributed by atoms with Crippen LogP contribution in [0, 0.1) is 0 Å². The van der Waals surface area contributed by atoms with E-state index in [9.17, 15) is 0 Å². The van der Waals surface area contributed by atoms with E-state index < -0.39 is 0 Å². The molecular weight excluding hydrogens is 194 g/mol. The van der Waals surface area contributed by atoms with Crippen LogP contribution in [0.1, 0.15) is 35.9 Å². The number of halogens is 1. The summed E-state index contributed by atoms with van der Waals surface area (Å²) in [6.45, 7) is 1.21. The molecule has 0 radical (unpaired) electrons. The summed E-state index contributed by atoms with van der Waals surface area (Å²) in [7, 11) is 2.21. The number of benzene rings is 1. The highest BCUT2D eigenvalue weighted by Gasteiger charge is 2.38. The Kier molecular flexibility index (Phi) is 1.86. The van der Waals surface area contributed by atoms with Crippen LogP contribution in [0.3, 0.4) is 0 Å². The van der Waals surface area contributed by atoms with Gasteiger partial charge in [0, 0.05) is 11.1 Å². The topological polar surface area (TPSA) is 3.24 Å². The number of piperidine rings is 1. The zero-order valence-corrected chi connectivity index (χ0v) is 9.09. The maximum absolute atomic E-state index is 6.27. The van der Waals surface area contributed by atoms with Crippen molar-refractivity contribution in [1.82, 2.24) is 4.90 Å². The molecule has 2 aliphatic rings. The van der Waals surface area contributed by atoms with Crippen LogP contribution in [-0.2, 0) is 0 Å². The van der Waals surface area contributed by atoms with Crippen molar-refractivity contribution in [3.8, 4) is 0 Å². The first kappa shape index (κ1) is 8.75. The monoisotopic (exact) mass is 207 g/mol. The number of likely N-dealkylation sites (tertiary alicyclic amines) is 1. The zero-order chi connectivity index (χ0) is 9.71. The molecule has 1 aliphatic heterocycles. The third kappa shape index (κ3) is 1.06. The minimum atomic E-state index is 0.581. The lowest BCUT2D eigenvalue weighted by atomic mass is 9.96. The van der Waals surface area contributed by atoms with E-state index in [2.05, 4.69) is 24.1 Å². The summed E-state index contributed by atoms with van der Waals surface area (Å²) in [5, 5.41) is 0.962. The molecule has 0 amide bonds. The van der Waals surface area contributed by atoms with Crippen molar-refractivity contribution in [3.63, 3.8) is 0 Å². The van der Waals surface area contributed by atoms with E-state index >= 15 is 0 Å². The molecule has 2 heteroatoms. The third-order valence-electron chi connectivity index (χ3n) is 3.73. The molecule has 0 spiro atoms. The molecule has 0 saturated carbocycles. The minimum Gasteiger partial charge on any atom is -0.299 e. The lowest BCUT2D eigenvalue weighted by Crippen LogP contribution is -2.28. The smallest absolute Gasteiger partial charge is 0.0456 e. The fraction of sp³-hybridized carbons (Fsp3) is 0.500. The van der Waals surface area contributed by atoms with Gasteiger partial charge in [-0.3, -0.25) is 4.90 Å². The van der Waals surface area contributed by atoms with Crippen molar-refractivity contribution in [1.29, 1.82) is 0 Å². The Bertz CT molecular complexity index is 375. The van der Waals surface area contributed by atoms with Crippen LogP contribution in [0.15, 0.2) is 18.2 Å². The number of fused-ring (bicyclic) bond motifs is 5. The summed E-state index contributed by atoms with van der Waals surface area (Å²) in [6, 6.07) is 6.94. The zero-order valence-electron chi connectivity index (χ0n) is 8.33. The van der Waals surface area contributed by atoms with E-state index in [0.717, 1.165) is 10.9 Å². The van der Waals surface area contributed by atoms with Crippen molar-refractivity contribution in [2.75, 3.05) is 13.6 Å². The Balaban J connectivity index is 2.18. The van der Waals surface area contributed by atoms with Gasteiger partial charge >= 0.3 is 0 Å². The number of nitrogens with zero attached hydrogens (tertiary/aromatic N) is 1. The van der Waals surface area contributed by atoms with E-state index in [1.54, 1.807) is 0 Å². The lowest BCUT2D eigenvalue weighted by molar-refractivity contribution is 0.192. The second kappa shape index (κ2) is 2.98. The van der Waals surface area contributed by atoms with Crippen LogP contribution in [0.5, 0.6) is 0 Å². The van der Waals surface area contributed by atoms with Crippen LogP contribution in [0.4, 0.5) is 0 Å². The Morgan fingerprint density at radius 3 is 3.14 bits per heavy atom. The van der Waals surface area contributed by atoms with Crippen molar-refractivity contribution in [2.24, 2.45) is 0 Å². The predicted octanol–water partition coefficient (Wildman–Crippen LogP) is 3.20. The first-order valence-electron chi connectivity index (χ1n) is 5.26. The number of hydrogen-bond donors (Lipinski definition) is 0. The largest absolute Gasteiger partial charge is 0.299 e. The molecule has 1 heterocycles. The van der Waals surface area contributed by atoms with Crippen molar-refractivity contribution < 1.29 is 0 Å². The molecule has 2 atom stereocenters. The van der Waals surface area contributed by atoms with Gasteiger partial charge in [0.2, 0.25) is 0 Å². The maximum Gasteiger partial charge on any atom is 0.0456 e. The highest BCUT2D eigenvalue weighted by molar-refractivity contribution is 6.31. The Hall–Kier alpha value is -0.530. The summed E-state index contributed by atoms with van der Waals surface area (Å²) in [5.74, 6) is 0.768. The average Bonchev–Trinajstić information content (AvgIpc) is 2.49. The van der Waals surface area contributed by atoms with E-state index in [4.69, 9.17) is 11.6 Å².